The maximum atomic E-state index is 9.57. The van der Waals surface area contributed by atoms with Crippen LogP contribution >= 0.6 is 0 Å². The number of rotatable bonds is 5. The van der Waals surface area contributed by atoms with E-state index in [0.717, 1.165) is 25.2 Å². The lowest BCUT2D eigenvalue weighted by Crippen LogP contribution is -2.20. The quantitative estimate of drug-likeness (QED) is 0.697. The van der Waals surface area contributed by atoms with Gasteiger partial charge in [0.1, 0.15) is 17.5 Å². The first-order chi connectivity index (χ1) is 13.3. The number of nitriles is 1. The number of hydrogen-bond acceptors (Lipinski definition) is 5. The molecule has 1 fully saturated rings. The number of nitrogens with zero attached hydrogens (tertiary/aromatic N) is 5. The average molecular weight is 359 g/mol. The van der Waals surface area contributed by atoms with Crippen molar-refractivity contribution in [2.24, 2.45) is 0 Å². The summed E-state index contributed by atoms with van der Waals surface area (Å²) in [6.07, 6.45) is 1.04. The van der Waals surface area contributed by atoms with Gasteiger partial charge >= 0.3 is 0 Å². The zero-order chi connectivity index (χ0) is 18.6. The van der Waals surface area contributed by atoms with Crippen LogP contribution in [0.3, 0.4) is 0 Å². The minimum absolute atomic E-state index is 0.343. The van der Waals surface area contributed by atoms with Crippen LogP contribution in [0.2, 0.25) is 0 Å². The molecular formula is C21H21N5O. The predicted molar refractivity (Wildman–Crippen MR) is 103 cm³/mol. The fourth-order valence-electron chi connectivity index (χ4n) is 3.54. The molecule has 1 saturated heterocycles. The van der Waals surface area contributed by atoms with Crippen molar-refractivity contribution in [3.8, 4) is 17.5 Å². The van der Waals surface area contributed by atoms with E-state index in [0.29, 0.717) is 29.8 Å². The summed E-state index contributed by atoms with van der Waals surface area (Å²) in [6.45, 7) is 4.19. The molecule has 0 spiro atoms. The van der Waals surface area contributed by atoms with Gasteiger partial charge in [-0.1, -0.05) is 42.5 Å². The summed E-state index contributed by atoms with van der Waals surface area (Å²) in [5.41, 5.74) is 2.41. The monoisotopic (exact) mass is 359 g/mol. The average Bonchev–Trinajstić information content (AvgIpc) is 3.36. The lowest BCUT2D eigenvalue weighted by atomic mass is 9.99. The topological polar surface area (TPSA) is 67.0 Å². The zero-order valence-electron chi connectivity index (χ0n) is 15.2. The van der Waals surface area contributed by atoms with Gasteiger partial charge in [-0.2, -0.15) is 5.26 Å². The fourth-order valence-corrected chi connectivity index (χ4v) is 3.54. The third-order valence-electron chi connectivity index (χ3n) is 4.84. The third-order valence-corrected chi connectivity index (χ3v) is 4.84. The molecule has 1 atom stereocenters. The van der Waals surface area contributed by atoms with E-state index < -0.39 is 0 Å². The van der Waals surface area contributed by atoms with Gasteiger partial charge in [0.2, 0.25) is 5.69 Å². The van der Waals surface area contributed by atoms with E-state index in [1.807, 2.05) is 37.3 Å². The van der Waals surface area contributed by atoms with Gasteiger partial charge in [0.25, 0.3) is 0 Å². The number of ether oxygens (including phenoxy) is 1. The van der Waals surface area contributed by atoms with Crippen LogP contribution in [0.4, 0.5) is 5.82 Å². The summed E-state index contributed by atoms with van der Waals surface area (Å²) in [4.78, 5) is 3.66. The maximum Gasteiger partial charge on any atom is 0.207 e. The predicted octanol–water partition coefficient (Wildman–Crippen LogP) is 3.53. The number of para-hydroxylation sites is 2. The Bertz CT molecular complexity index is 960. The molecule has 6 heteroatoms. The molecule has 3 aromatic rings. The third kappa shape index (κ3) is 3.36. The Balaban J connectivity index is 1.63. The highest BCUT2D eigenvalue weighted by molar-refractivity contribution is 5.53. The van der Waals surface area contributed by atoms with Gasteiger partial charge in [-0.15, -0.1) is 15.0 Å². The Kier molecular flexibility index (Phi) is 4.75. The van der Waals surface area contributed by atoms with Crippen molar-refractivity contribution in [1.82, 2.24) is 15.0 Å². The number of hydrogen-bond donors (Lipinski definition) is 0. The molecule has 0 N–H and O–H groups in total. The van der Waals surface area contributed by atoms with Crippen molar-refractivity contribution in [2.45, 2.75) is 19.3 Å². The van der Waals surface area contributed by atoms with Gasteiger partial charge in [0.15, 0.2) is 5.82 Å². The number of benzene rings is 2. The van der Waals surface area contributed by atoms with Crippen molar-refractivity contribution in [1.29, 1.82) is 5.26 Å². The van der Waals surface area contributed by atoms with Crippen molar-refractivity contribution in [2.75, 3.05) is 24.6 Å². The largest absolute Gasteiger partial charge is 0.492 e. The van der Waals surface area contributed by atoms with Gasteiger partial charge < -0.3 is 9.64 Å². The molecule has 6 nitrogen and oxygen atoms in total. The van der Waals surface area contributed by atoms with Gasteiger partial charge in [-0.3, -0.25) is 0 Å². The first-order valence-corrected chi connectivity index (χ1v) is 9.19. The fraction of sp³-hybridized carbons (Fsp3) is 0.286. The lowest BCUT2D eigenvalue weighted by Gasteiger charge is -2.15. The summed E-state index contributed by atoms with van der Waals surface area (Å²) in [7, 11) is 0. The van der Waals surface area contributed by atoms with Crippen molar-refractivity contribution in [3.63, 3.8) is 0 Å². The molecule has 1 aliphatic heterocycles. The molecular weight excluding hydrogens is 338 g/mol. The summed E-state index contributed by atoms with van der Waals surface area (Å²) < 4.78 is 5.68. The van der Waals surface area contributed by atoms with Crippen LogP contribution in [0, 0.1) is 11.3 Å². The van der Waals surface area contributed by atoms with E-state index in [2.05, 4.69) is 45.4 Å². The van der Waals surface area contributed by atoms with E-state index in [1.54, 1.807) is 0 Å². The Hall–Kier alpha value is -3.33. The Morgan fingerprint density at radius 3 is 2.67 bits per heavy atom. The molecule has 2 heterocycles. The van der Waals surface area contributed by atoms with Crippen LogP contribution in [0.5, 0.6) is 5.75 Å². The highest BCUT2D eigenvalue weighted by Crippen LogP contribution is 2.31. The second-order valence-electron chi connectivity index (χ2n) is 6.52. The molecule has 4 rings (SSSR count). The summed E-state index contributed by atoms with van der Waals surface area (Å²) in [5, 5.41) is 18.6. The van der Waals surface area contributed by atoms with E-state index in [1.165, 1.54) is 10.4 Å². The Labute approximate surface area is 158 Å². The van der Waals surface area contributed by atoms with Crippen molar-refractivity contribution in [3.05, 3.63) is 65.9 Å². The molecule has 0 aliphatic carbocycles. The van der Waals surface area contributed by atoms with E-state index >= 15 is 0 Å². The Morgan fingerprint density at radius 1 is 1.11 bits per heavy atom. The van der Waals surface area contributed by atoms with Crippen molar-refractivity contribution < 1.29 is 4.74 Å². The molecule has 0 radical (unpaired) electrons. The van der Waals surface area contributed by atoms with Crippen LogP contribution in [-0.4, -0.2) is 34.7 Å². The minimum Gasteiger partial charge on any atom is -0.492 e. The first-order valence-electron chi connectivity index (χ1n) is 9.19. The van der Waals surface area contributed by atoms with E-state index in [4.69, 9.17) is 4.74 Å². The summed E-state index contributed by atoms with van der Waals surface area (Å²) in [6, 6.07) is 20.3. The number of anilines is 1. The molecule has 0 bridgehead atoms. The van der Waals surface area contributed by atoms with Gasteiger partial charge in [0.05, 0.1) is 6.61 Å². The van der Waals surface area contributed by atoms with E-state index in [-0.39, 0.29) is 0 Å². The zero-order valence-corrected chi connectivity index (χ0v) is 15.2. The molecule has 2 aromatic carbocycles. The second-order valence-corrected chi connectivity index (χ2v) is 6.52. The molecule has 1 unspecified atom stereocenters. The van der Waals surface area contributed by atoms with Gasteiger partial charge in [-0.25, -0.2) is 0 Å². The van der Waals surface area contributed by atoms with Crippen LogP contribution in [0.15, 0.2) is 54.6 Å². The van der Waals surface area contributed by atoms with Crippen molar-refractivity contribution >= 4 is 5.82 Å². The van der Waals surface area contributed by atoms with Crippen LogP contribution in [-0.2, 0) is 0 Å². The normalized spacial score (nSPS) is 16.3. The molecule has 1 aliphatic rings. The van der Waals surface area contributed by atoms with Crippen LogP contribution in [0.1, 0.15) is 30.5 Å². The van der Waals surface area contributed by atoms with E-state index in [9.17, 15) is 5.26 Å². The number of aromatic nitrogens is 3. The lowest BCUT2D eigenvalue weighted by molar-refractivity contribution is 0.337. The van der Waals surface area contributed by atoms with Crippen LogP contribution in [0.25, 0.3) is 5.69 Å². The SMILES string of the molecule is CCOc1ccccc1-n1nc(C#N)c(N2CCC(c3ccccc3)C2)n1. The Morgan fingerprint density at radius 2 is 1.89 bits per heavy atom. The van der Waals surface area contributed by atoms with Gasteiger partial charge in [-0.05, 0) is 31.0 Å². The highest BCUT2D eigenvalue weighted by atomic mass is 16.5. The van der Waals surface area contributed by atoms with Crippen LogP contribution < -0.4 is 9.64 Å². The second kappa shape index (κ2) is 7.50. The standard InChI is InChI=1S/C21H21N5O/c1-2-27-20-11-7-6-10-19(20)26-23-18(14-22)21(24-26)25-13-12-17(15-25)16-8-4-3-5-9-16/h3-11,17H,2,12-13,15H2,1H3. The molecule has 0 saturated carbocycles. The first kappa shape index (κ1) is 17.1. The van der Waals surface area contributed by atoms with Gasteiger partial charge in [0, 0.05) is 19.0 Å². The molecule has 1 aromatic heterocycles. The summed E-state index contributed by atoms with van der Waals surface area (Å²) in [5.74, 6) is 1.79. The smallest absolute Gasteiger partial charge is 0.207 e. The molecule has 0 amide bonds. The molecule has 27 heavy (non-hydrogen) atoms. The summed E-state index contributed by atoms with van der Waals surface area (Å²) >= 11 is 0. The molecule has 136 valence electrons. The minimum atomic E-state index is 0.343. The maximum absolute atomic E-state index is 9.57. The highest BCUT2D eigenvalue weighted by Gasteiger charge is 2.28.